The van der Waals surface area contributed by atoms with E-state index in [1.807, 2.05) is 24.6 Å². The molecule has 0 aliphatic carbocycles. The monoisotopic (exact) mass is 422 g/mol. The third kappa shape index (κ3) is 7.25. The van der Waals surface area contributed by atoms with Crippen molar-refractivity contribution in [1.29, 1.82) is 0 Å². The SMILES string of the molecule is C=C/C=C(\C=C/[NH2+]C)/C=C/c1ccc2cc(N(C)CCSC(=O)N(C)C)ccc2c1. The molecule has 2 N–H and O–H groups in total. The first kappa shape index (κ1) is 23.5. The van der Waals surface area contributed by atoms with Gasteiger partial charge in [-0.1, -0.05) is 60.8 Å². The summed E-state index contributed by atoms with van der Waals surface area (Å²) >= 11 is 1.35. The van der Waals surface area contributed by atoms with E-state index in [0.29, 0.717) is 0 Å². The molecule has 30 heavy (non-hydrogen) atoms. The number of thioether (sulfide) groups is 1. The fourth-order valence-electron chi connectivity index (χ4n) is 2.82. The maximum atomic E-state index is 11.7. The lowest BCUT2D eigenvalue weighted by molar-refractivity contribution is -0.556. The van der Waals surface area contributed by atoms with Gasteiger partial charge in [-0.05, 0) is 46.2 Å². The Balaban J connectivity index is 2.09. The molecule has 0 bridgehead atoms. The fraction of sp³-hybridized carbons (Fsp3) is 0.240. The van der Waals surface area contributed by atoms with E-state index >= 15 is 0 Å². The van der Waals surface area contributed by atoms with Gasteiger partial charge in [0.1, 0.15) is 0 Å². The quantitative estimate of drug-likeness (QED) is 0.604. The number of anilines is 1. The standard InChI is InChI=1S/C25H31N3OS/c1-6-7-20(14-15-26-2)8-9-21-10-11-23-19-24(13-12-22(23)18-21)28(5)16-17-30-25(29)27(3)4/h6-15,18-19,26H,1,16-17H2,2-5H3/p+1/b9-8+,15-14-,20-7-. The maximum absolute atomic E-state index is 11.7. The van der Waals surface area contributed by atoms with Gasteiger partial charge in [-0.2, -0.15) is 0 Å². The first-order chi connectivity index (χ1) is 14.4. The minimum Gasteiger partial charge on any atom is -0.374 e. The summed E-state index contributed by atoms with van der Waals surface area (Å²) in [6.45, 7) is 4.60. The molecule has 0 fully saturated rings. The molecule has 5 heteroatoms. The molecular formula is C25H32N3OS+. The van der Waals surface area contributed by atoms with E-state index in [4.69, 9.17) is 0 Å². The zero-order chi connectivity index (χ0) is 21.9. The van der Waals surface area contributed by atoms with Crippen LogP contribution in [-0.4, -0.2) is 50.6 Å². The minimum atomic E-state index is 0.0944. The summed E-state index contributed by atoms with van der Waals surface area (Å²) < 4.78 is 0. The summed E-state index contributed by atoms with van der Waals surface area (Å²) in [6.07, 6.45) is 12.1. The van der Waals surface area contributed by atoms with Crippen LogP contribution < -0.4 is 10.2 Å². The Morgan fingerprint density at radius 1 is 1.10 bits per heavy atom. The predicted molar refractivity (Wildman–Crippen MR) is 133 cm³/mol. The van der Waals surface area contributed by atoms with E-state index in [0.717, 1.165) is 29.1 Å². The topological polar surface area (TPSA) is 40.2 Å². The Bertz CT molecular complexity index is 960. The number of fused-ring (bicyclic) bond motifs is 1. The molecule has 0 saturated carbocycles. The lowest BCUT2D eigenvalue weighted by atomic mass is 10.0. The second-order valence-electron chi connectivity index (χ2n) is 7.15. The molecule has 0 spiro atoms. The average Bonchev–Trinajstić information content (AvgIpc) is 2.74. The number of benzene rings is 2. The van der Waals surface area contributed by atoms with Gasteiger partial charge in [0.2, 0.25) is 0 Å². The van der Waals surface area contributed by atoms with Crippen molar-refractivity contribution in [2.45, 2.75) is 0 Å². The van der Waals surface area contributed by atoms with Crippen molar-refractivity contribution in [2.75, 3.05) is 45.4 Å². The molecule has 0 unspecified atom stereocenters. The van der Waals surface area contributed by atoms with Gasteiger partial charge >= 0.3 is 0 Å². The number of carbonyl (C=O) groups is 1. The van der Waals surface area contributed by atoms with Crippen LogP contribution in [0.15, 0.2) is 79.1 Å². The zero-order valence-corrected chi connectivity index (χ0v) is 19.2. The highest BCUT2D eigenvalue weighted by molar-refractivity contribution is 8.13. The zero-order valence-electron chi connectivity index (χ0n) is 18.3. The molecule has 0 aromatic heterocycles. The number of nitrogens with zero attached hydrogens (tertiary/aromatic N) is 2. The largest absolute Gasteiger partial charge is 0.374 e. The van der Waals surface area contributed by atoms with Gasteiger partial charge < -0.3 is 15.1 Å². The van der Waals surface area contributed by atoms with Crippen LogP contribution in [0.5, 0.6) is 0 Å². The molecule has 0 aliphatic heterocycles. The highest BCUT2D eigenvalue weighted by atomic mass is 32.2. The average molecular weight is 423 g/mol. The highest BCUT2D eigenvalue weighted by Crippen LogP contribution is 2.24. The number of carbonyl (C=O) groups excluding carboxylic acids is 1. The number of nitrogens with two attached hydrogens (primary N) is 1. The van der Waals surface area contributed by atoms with Crippen LogP contribution in [0.3, 0.4) is 0 Å². The van der Waals surface area contributed by atoms with Crippen LogP contribution in [-0.2, 0) is 0 Å². The third-order valence-corrected chi connectivity index (χ3v) is 5.56. The Kier molecular flexibility index (Phi) is 9.45. The molecular weight excluding hydrogens is 390 g/mol. The Morgan fingerprint density at radius 2 is 1.83 bits per heavy atom. The van der Waals surface area contributed by atoms with Crippen LogP contribution in [0.25, 0.3) is 16.8 Å². The van der Waals surface area contributed by atoms with Gasteiger partial charge in [-0.25, -0.2) is 0 Å². The highest BCUT2D eigenvalue weighted by Gasteiger charge is 2.07. The number of hydrogen-bond acceptors (Lipinski definition) is 3. The van der Waals surface area contributed by atoms with E-state index in [1.165, 1.54) is 22.5 Å². The van der Waals surface area contributed by atoms with E-state index < -0.39 is 0 Å². The number of hydrogen-bond donors (Lipinski definition) is 1. The van der Waals surface area contributed by atoms with Crippen LogP contribution in [0.1, 0.15) is 5.56 Å². The van der Waals surface area contributed by atoms with Gasteiger partial charge in [0.05, 0.1) is 13.2 Å². The van der Waals surface area contributed by atoms with Crippen LogP contribution in [0.2, 0.25) is 0 Å². The first-order valence-electron chi connectivity index (χ1n) is 10.0. The molecule has 1 amide bonds. The number of allylic oxidation sites excluding steroid dienone is 5. The summed E-state index contributed by atoms with van der Waals surface area (Å²) in [5.74, 6) is 0.764. The molecule has 0 saturated heterocycles. The van der Waals surface area contributed by atoms with E-state index in [9.17, 15) is 4.79 Å². The van der Waals surface area contributed by atoms with Crippen molar-refractivity contribution in [2.24, 2.45) is 0 Å². The minimum absolute atomic E-state index is 0.0944. The van der Waals surface area contributed by atoms with Gasteiger partial charge in [0.15, 0.2) is 0 Å². The van der Waals surface area contributed by atoms with Gasteiger partial charge in [-0.15, -0.1) is 0 Å². The third-order valence-electron chi connectivity index (χ3n) is 4.57. The number of rotatable bonds is 9. The van der Waals surface area contributed by atoms with Crippen molar-refractivity contribution in [1.82, 2.24) is 4.90 Å². The summed E-state index contributed by atoms with van der Waals surface area (Å²) in [7, 11) is 7.63. The van der Waals surface area contributed by atoms with Crippen molar-refractivity contribution < 1.29 is 10.1 Å². The Hall–Kier alpha value is -2.76. The second-order valence-corrected chi connectivity index (χ2v) is 8.20. The molecule has 158 valence electrons. The van der Waals surface area contributed by atoms with E-state index in [-0.39, 0.29) is 5.24 Å². The van der Waals surface area contributed by atoms with Crippen LogP contribution in [0, 0.1) is 0 Å². The van der Waals surface area contributed by atoms with Crippen LogP contribution in [0.4, 0.5) is 10.5 Å². The second kappa shape index (κ2) is 12.1. The molecule has 2 aromatic carbocycles. The first-order valence-corrected chi connectivity index (χ1v) is 11.0. The van der Waals surface area contributed by atoms with Gasteiger partial charge in [0.25, 0.3) is 5.24 Å². The molecule has 4 nitrogen and oxygen atoms in total. The summed E-state index contributed by atoms with van der Waals surface area (Å²) in [6, 6.07) is 13.0. The normalized spacial score (nSPS) is 12.1. The number of amides is 1. The summed E-state index contributed by atoms with van der Waals surface area (Å²) in [4.78, 5) is 15.5. The van der Waals surface area contributed by atoms with E-state index in [2.05, 4.69) is 73.2 Å². The number of quaternary nitrogens is 1. The Labute approximate surface area is 184 Å². The van der Waals surface area contributed by atoms with Crippen LogP contribution >= 0.6 is 11.8 Å². The fourth-order valence-corrected chi connectivity index (χ4v) is 3.62. The lowest BCUT2D eigenvalue weighted by Crippen LogP contribution is -2.72. The van der Waals surface area contributed by atoms with Crippen molar-refractivity contribution in [3.63, 3.8) is 0 Å². The predicted octanol–water partition coefficient (Wildman–Crippen LogP) is 4.52. The Morgan fingerprint density at radius 3 is 2.53 bits per heavy atom. The lowest BCUT2D eigenvalue weighted by Gasteiger charge is -2.20. The smallest absolute Gasteiger partial charge is 0.281 e. The van der Waals surface area contributed by atoms with Crippen molar-refractivity contribution >= 4 is 39.5 Å². The molecule has 0 heterocycles. The molecule has 0 radical (unpaired) electrons. The van der Waals surface area contributed by atoms with Gasteiger partial charge in [0, 0.05) is 39.1 Å². The molecule has 2 aromatic rings. The van der Waals surface area contributed by atoms with Gasteiger partial charge in [-0.3, -0.25) is 4.79 Å². The molecule has 0 atom stereocenters. The van der Waals surface area contributed by atoms with Crippen molar-refractivity contribution in [3.05, 3.63) is 84.6 Å². The summed E-state index contributed by atoms with van der Waals surface area (Å²) in [5.41, 5.74) is 3.41. The molecule has 2 rings (SSSR count). The van der Waals surface area contributed by atoms with E-state index in [1.54, 1.807) is 25.1 Å². The van der Waals surface area contributed by atoms with Crippen molar-refractivity contribution in [3.8, 4) is 0 Å². The summed E-state index contributed by atoms with van der Waals surface area (Å²) in [5, 5.41) is 4.51. The molecule has 0 aliphatic rings. The maximum Gasteiger partial charge on any atom is 0.281 e.